The van der Waals surface area contributed by atoms with Gasteiger partial charge in [-0.3, -0.25) is 9.59 Å². The van der Waals surface area contributed by atoms with E-state index in [4.69, 9.17) is 5.11 Å². The predicted octanol–water partition coefficient (Wildman–Crippen LogP) is 0.287. The van der Waals surface area contributed by atoms with Gasteiger partial charge in [0.15, 0.2) is 5.78 Å². The van der Waals surface area contributed by atoms with Gasteiger partial charge in [0.2, 0.25) is 5.91 Å². The maximum absolute atomic E-state index is 11.4. The smallest absolute Gasteiger partial charge is 0.326 e. The lowest BCUT2D eigenvalue weighted by atomic mass is 9.86. The van der Waals surface area contributed by atoms with E-state index in [9.17, 15) is 14.4 Å². The number of aliphatic carboxylic acids is 1. The van der Waals surface area contributed by atoms with Crippen molar-refractivity contribution in [3.63, 3.8) is 0 Å². The van der Waals surface area contributed by atoms with E-state index in [1.54, 1.807) is 20.8 Å². The average Bonchev–Trinajstić information content (AvgIpc) is 2.26. The Morgan fingerprint density at radius 2 is 1.93 bits per heavy atom. The van der Waals surface area contributed by atoms with E-state index >= 15 is 0 Å². The number of hydrogen-bond acceptors (Lipinski definition) is 3. The molecule has 0 bridgehead atoms. The van der Waals surface area contributed by atoms with E-state index in [1.165, 1.54) is 0 Å². The van der Waals surface area contributed by atoms with Gasteiger partial charge >= 0.3 is 5.97 Å². The summed E-state index contributed by atoms with van der Waals surface area (Å²) in [5.41, 5.74) is -0.577. The summed E-state index contributed by atoms with van der Waals surface area (Å²) in [6.45, 7) is 5.14. The minimum absolute atomic E-state index is 0.0763. The number of ketones is 1. The third-order valence-corrected chi connectivity index (χ3v) is 2.38. The van der Waals surface area contributed by atoms with Crippen molar-refractivity contribution in [1.82, 2.24) is 4.90 Å². The molecule has 1 unspecified atom stereocenters. The van der Waals surface area contributed by atoms with Gasteiger partial charge in [-0.2, -0.15) is 0 Å². The lowest BCUT2D eigenvalue weighted by Gasteiger charge is -2.33. The normalized spacial score (nSPS) is 19.5. The molecule has 0 spiro atoms. The highest BCUT2D eigenvalue weighted by Gasteiger charge is 2.43. The Balaban J connectivity index is 2.96. The van der Waals surface area contributed by atoms with Crippen molar-refractivity contribution in [2.24, 2.45) is 5.41 Å². The van der Waals surface area contributed by atoms with E-state index < -0.39 is 17.4 Å². The monoisotopic (exact) mass is 213 g/mol. The summed E-state index contributed by atoms with van der Waals surface area (Å²) in [4.78, 5) is 34.7. The molecular weight excluding hydrogens is 198 g/mol. The molecule has 0 aromatic heterocycles. The van der Waals surface area contributed by atoms with Crippen LogP contribution in [0.25, 0.3) is 0 Å². The van der Waals surface area contributed by atoms with Gasteiger partial charge < -0.3 is 10.0 Å². The number of rotatable bonds is 2. The van der Waals surface area contributed by atoms with E-state index in [0.29, 0.717) is 0 Å². The second-order valence-corrected chi connectivity index (χ2v) is 4.84. The van der Waals surface area contributed by atoms with Crippen LogP contribution in [0, 0.1) is 5.41 Å². The molecule has 5 nitrogen and oxygen atoms in total. The van der Waals surface area contributed by atoms with Crippen molar-refractivity contribution in [2.75, 3.05) is 6.54 Å². The zero-order chi connectivity index (χ0) is 11.8. The number of carboxylic acid groups (broad SMARTS) is 1. The number of carbonyl (C=O) groups excluding carboxylic acids is 2. The third kappa shape index (κ3) is 2.34. The van der Waals surface area contributed by atoms with Crippen molar-refractivity contribution < 1.29 is 19.5 Å². The number of Topliss-reactive ketones (excluding diaryl/α,β-unsaturated/α-hetero) is 1. The molecule has 0 aromatic carbocycles. The molecule has 5 heteroatoms. The van der Waals surface area contributed by atoms with Crippen LogP contribution in [0.3, 0.4) is 0 Å². The number of hydrogen-bond donors (Lipinski definition) is 1. The predicted molar refractivity (Wildman–Crippen MR) is 52.2 cm³/mol. The van der Waals surface area contributed by atoms with Crippen molar-refractivity contribution in [3.05, 3.63) is 0 Å². The molecule has 0 aromatic rings. The Kier molecular flexibility index (Phi) is 2.83. The first kappa shape index (κ1) is 11.7. The van der Waals surface area contributed by atoms with Gasteiger partial charge in [0, 0.05) is 0 Å². The van der Waals surface area contributed by atoms with Crippen LogP contribution < -0.4 is 0 Å². The Morgan fingerprint density at radius 1 is 1.40 bits per heavy atom. The third-order valence-electron chi connectivity index (χ3n) is 2.38. The molecule has 15 heavy (non-hydrogen) atoms. The van der Waals surface area contributed by atoms with Gasteiger partial charge in [-0.1, -0.05) is 20.8 Å². The van der Waals surface area contributed by atoms with Gasteiger partial charge in [0.1, 0.15) is 6.04 Å². The molecule has 1 aliphatic rings. The molecule has 1 heterocycles. The molecule has 0 aliphatic carbocycles. The van der Waals surface area contributed by atoms with Gasteiger partial charge in [-0.15, -0.1) is 0 Å². The van der Waals surface area contributed by atoms with Crippen molar-refractivity contribution in [1.29, 1.82) is 0 Å². The SMILES string of the molecule is CC(C)(C)C(C(=O)O)N1CC(=O)CC1=O. The molecule has 1 fully saturated rings. The van der Waals surface area contributed by atoms with Gasteiger partial charge in [-0.25, -0.2) is 4.79 Å². The van der Waals surface area contributed by atoms with Crippen LogP contribution in [0.2, 0.25) is 0 Å². The Morgan fingerprint density at radius 3 is 2.20 bits per heavy atom. The van der Waals surface area contributed by atoms with Crippen LogP contribution in [-0.4, -0.2) is 40.3 Å². The molecule has 1 saturated heterocycles. The Hall–Kier alpha value is -1.39. The number of amides is 1. The summed E-state index contributed by atoms with van der Waals surface area (Å²) in [7, 11) is 0. The minimum Gasteiger partial charge on any atom is -0.480 e. The number of nitrogens with zero attached hydrogens (tertiary/aromatic N) is 1. The fraction of sp³-hybridized carbons (Fsp3) is 0.700. The van der Waals surface area contributed by atoms with Crippen LogP contribution in [0.5, 0.6) is 0 Å². The molecule has 1 amide bonds. The van der Waals surface area contributed by atoms with Gasteiger partial charge in [-0.05, 0) is 5.41 Å². The van der Waals surface area contributed by atoms with Crippen LogP contribution in [0.15, 0.2) is 0 Å². The number of carbonyl (C=O) groups is 3. The summed E-state index contributed by atoms with van der Waals surface area (Å²) in [5, 5.41) is 9.07. The number of likely N-dealkylation sites (tertiary alicyclic amines) is 1. The van der Waals surface area contributed by atoms with Gasteiger partial charge in [0.05, 0.1) is 13.0 Å². The molecule has 1 atom stereocenters. The Bertz CT molecular complexity index is 316. The van der Waals surface area contributed by atoms with Crippen LogP contribution in [-0.2, 0) is 14.4 Å². The summed E-state index contributed by atoms with van der Waals surface area (Å²) in [6, 6.07) is -0.934. The fourth-order valence-electron chi connectivity index (χ4n) is 1.81. The highest BCUT2D eigenvalue weighted by molar-refractivity contribution is 6.06. The molecular formula is C10H15NO4. The maximum Gasteiger partial charge on any atom is 0.326 e. The average molecular weight is 213 g/mol. The van der Waals surface area contributed by atoms with Crippen molar-refractivity contribution in [3.8, 4) is 0 Å². The van der Waals surface area contributed by atoms with E-state index in [0.717, 1.165) is 4.90 Å². The van der Waals surface area contributed by atoms with Crippen molar-refractivity contribution >= 4 is 17.7 Å². The molecule has 0 saturated carbocycles. The molecule has 0 radical (unpaired) electrons. The Labute approximate surface area is 88.1 Å². The zero-order valence-electron chi connectivity index (χ0n) is 9.11. The maximum atomic E-state index is 11.4. The summed E-state index contributed by atoms with van der Waals surface area (Å²) in [6.07, 6.45) is -0.167. The zero-order valence-corrected chi connectivity index (χ0v) is 9.11. The quantitative estimate of drug-likeness (QED) is 0.669. The van der Waals surface area contributed by atoms with E-state index in [2.05, 4.69) is 0 Å². The van der Waals surface area contributed by atoms with Gasteiger partial charge in [0.25, 0.3) is 0 Å². The van der Waals surface area contributed by atoms with E-state index in [-0.39, 0.29) is 24.7 Å². The first-order valence-corrected chi connectivity index (χ1v) is 4.77. The molecule has 1 aliphatic heterocycles. The highest BCUT2D eigenvalue weighted by atomic mass is 16.4. The summed E-state index contributed by atoms with van der Waals surface area (Å²) < 4.78 is 0. The molecule has 84 valence electrons. The van der Waals surface area contributed by atoms with Crippen LogP contribution >= 0.6 is 0 Å². The topological polar surface area (TPSA) is 74.7 Å². The molecule has 1 N–H and O–H groups in total. The summed E-state index contributed by atoms with van der Waals surface area (Å²) >= 11 is 0. The standard InChI is InChI=1S/C10H15NO4/c1-10(2,3)8(9(14)15)11-5-6(12)4-7(11)13/h8H,4-5H2,1-3H3,(H,14,15). The first-order valence-electron chi connectivity index (χ1n) is 4.77. The highest BCUT2D eigenvalue weighted by Crippen LogP contribution is 2.27. The lowest BCUT2D eigenvalue weighted by molar-refractivity contribution is -0.153. The first-order chi connectivity index (χ1) is 6.73. The second kappa shape index (κ2) is 3.64. The molecule has 1 rings (SSSR count). The summed E-state index contributed by atoms with van der Waals surface area (Å²) in [5.74, 6) is -1.66. The largest absolute Gasteiger partial charge is 0.480 e. The van der Waals surface area contributed by atoms with E-state index in [1.807, 2.05) is 0 Å². The minimum atomic E-state index is -1.06. The fourth-order valence-corrected chi connectivity index (χ4v) is 1.81. The van der Waals surface area contributed by atoms with Crippen LogP contribution in [0.4, 0.5) is 0 Å². The number of carboxylic acids is 1. The van der Waals surface area contributed by atoms with Crippen molar-refractivity contribution in [2.45, 2.75) is 33.2 Å². The second-order valence-electron chi connectivity index (χ2n) is 4.84. The lowest BCUT2D eigenvalue weighted by Crippen LogP contribution is -2.50. The van der Waals surface area contributed by atoms with Crippen LogP contribution in [0.1, 0.15) is 27.2 Å².